The summed E-state index contributed by atoms with van der Waals surface area (Å²) in [6, 6.07) is 54.1. The van der Waals surface area contributed by atoms with E-state index in [-0.39, 0.29) is 5.41 Å². The van der Waals surface area contributed by atoms with Crippen molar-refractivity contribution in [3.8, 4) is 33.4 Å². The fourth-order valence-corrected chi connectivity index (χ4v) is 7.92. The molecule has 9 rings (SSSR count). The topological polar surface area (TPSA) is 0 Å². The number of benzene rings is 8. The Balaban J connectivity index is 1.48. The van der Waals surface area contributed by atoms with Crippen molar-refractivity contribution < 1.29 is 0 Å². The van der Waals surface area contributed by atoms with Crippen LogP contribution >= 0.6 is 0 Å². The summed E-state index contributed by atoms with van der Waals surface area (Å²) < 4.78 is 0. The third-order valence-corrected chi connectivity index (χ3v) is 9.78. The quantitative estimate of drug-likeness (QED) is 0.189. The maximum atomic E-state index is 2.43. The summed E-state index contributed by atoms with van der Waals surface area (Å²) in [5.74, 6) is 0. The molecule has 0 unspecified atom stereocenters. The molecule has 0 amide bonds. The van der Waals surface area contributed by atoms with Crippen LogP contribution in [0.15, 0.2) is 146 Å². The Morgan fingerprint density at radius 2 is 0.907 bits per heavy atom. The number of fused-ring (bicyclic) bond motifs is 7. The highest BCUT2D eigenvalue weighted by molar-refractivity contribution is 6.25. The van der Waals surface area contributed by atoms with E-state index < -0.39 is 0 Å². The molecule has 202 valence electrons. The molecule has 1 aliphatic rings. The van der Waals surface area contributed by atoms with Crippen LogP contribution in [-0.2, 0) is 5.41 Å². The summed E-state index contributed by atoms with van der Waals surface area (Å²) in [5, 5.41) is 10.3. The van der Waals surface area contributed by atoms with Crippen molar-refractivity contribution in [1.82, 2.24) is 0 Å². The Bertz CT molecular complexity index is 2360. The molecule has 8 aromatic rings. The molecular formula is C43H30. The zero-order valence-corrected chi connectivity index (χ0v) is 24.4. The smallest absolute Gasteiger partial charge is 0.0165 e. The molecule has 0 spiro atoms. The molecule has 0 bridgehead atoms. The maximum Gasteiger partial charge on any atom is 0.0165 e. The lowest BCUT2D eigenvalue weighted by Gasteiger charge is -2.27. The molecule has 0 aliphatic heterocycles. The van der Waals surface area contributed by atoms with Gasteiger partial charge in [0.1, 0.15) is 0 Å². The first kappa shape index (κ1) is 24.4. The minimum absolute atomic E-state index is 0.134. The number of rotatable bonds is 2. The summed E-state index contributed by atoms with van der Waals surface area (Å²) in [6.07, 6.45) is 0. The van der Waals surface area contributed by atoms with Crippen LogP contribution in [0.3, 0.4) is 0 Å². The highest BCUT2D eigenvalue weighted by Crippen LogP contribution is 2.56. The molecule has 0 radical (unpaired) electrons. The number of hydrogen-bond donors (Lipinski definition) is 0. The first-order chi connectivity index (χ1) is 21.1. The van der Waals surface area contributed by atoms with Crippen molar-refractivity contribution >= 4 is 43.1 Å². The second kappa shape index (κ2) is 8.90. The molecule has 0 saturated heterocycles. The third-order valence-electron chi connectivity index (χ3n) is 9.78. The van der Waals surface area contributed by atoms with E-state index in [0.717, 1.165) is 0 Å². The van der Waals surface area contributed by atoms with Gasteiger partial charge in [-0.2, -0.15) is 0 Å². The lowest BCUT2D eigenvalue weighted by Crippen LogP contribution is -2.16. The zero-order chi connectivity index (χ0) is 28.7. The van der Waals surface area contributed by atoms with Crippen LogP contribution in [0.25, 0.3) is 76.5 Å². The lowest BCUT2D eigenvalue weighted by molar-refractivity contribution is 0.663. The summed E-state index contributed by atoms with van der Waals surface area (Å²) in [7, 11) is 0. The Labute approximate surface area is 251 Å². The Hall–Kier alpha value is -5.20. The van der Waals surface area contributed by atoms with Crippen LogP contribution < -0.4 is 0 Å². The van der Waals surface area contributed by atoms with Gasteiger partial charge in [-0.3, -0.25) is 0 Å². The third kappa shape index (κ3) is 3.38. The van der Waals surface area contributed by atoms with E-state index in [4.69, 9.17) is 0 Å². The summed E-state index contributed by atoms with van der Waals surface area (Å²) in [5.41, 5.74) is 10.7. The van der Waals surface area contributed by atoms with Gasteiger partial charge in [-0.05, 0) is 99.7 Å². The van der Waals surface area contributed by atoms with Crippen molar-refractivity contribution in [3.05, 3.63) is 157 Å². The Kier molecular flexibility index (Phi) is 5.05. The van der Waals surface area contributed by atoms with Crippen molar-refractivity contribution in [2.45, 2.75) is 19.3 Å². The molecule has 0 saturated carbocycles. The summed E-state index contributed by atoms with van der Waals surface area (Å²) in [6.45, 7) is 4.81. The molecule has 0 aromatic heterocycles. The molecule has 0 atom stereocenters. The van der Waals surface area contributed by atoms with Gasteiger partial charge in [0.25, 0.3) is 0 Å². The molecule has 0 fully saturated rings. The van der Waals surface area contributed by atoms with Crippen LogP contribution in [0.2, 0.25) is 0 Å². The molecule has 0 heterocycles. The van der Waals surface area contributed by atoms with E-state index in [9.17, 15) is 0 Å². The van der Waals surface area contributed by atoms with Gasteiger partial charge >= 0.3 is 0 Å². The fourth-order valence-electron chi connectivity index (χ4n) is 7.92. The van der Waals surface area contributed by atoms with Crippen molar-refractivity contribution in [1.29, 1.82) is 0 Å². The molecular weight excluding hydrogens is 516 g/mol. The van der Waals surface area contributed by atoms with Crippen LogP contribution in [0.1, 0.15) is 25.0 Å². The predicted molar refractivity (Wildman–Crippen MR) is 185 cm³/mol. The average Bonchev–Trinajstić information content (AvgIpc) is 3.28. The van der Waals surface area contributed by atoms with Gasteiger partial charge in [-0.25, -0.2) is 0 Å². The highest BCUT2D eigenvalue weighted by atomic mass is 14.4. The second-order valence-corrected chi connectivity index (χ2v) is 12.5. The molecule has 8 aromatic carbocycles. The monoisotopic (exact) mass is 546 g/mol. The minimum atomic E-state index is -0.134. The van der Waals surface area contributed by atoms with E-state index in [1.54, 1.807) is 0 Å². The van der Waals surface area contributed by atoms with Crippen molar-refractivity contribution in [2.75, 3.05) is 0 Å². The van der Waals surface area contributed by atoms with E-state index in [1.807, 2.05) is 0 Å². The largest absolute Gasteiger partial charge is 0.0619 e. The predicted octanol–water partition coefficient (Wildman–Crippen LogP) is 11.9. The normalized spacial score (nSPS) is 13.5. The standard InChI is InChI=1S/C43H30/c1-43(2)38-22-12-11-17-32(38)37-26-29-15-5-6-16-31(29)41(42(37)43)40-35-20-9-7-18-33(35)39(34-19-8-10-21-36(34)40)30-24-23-27-13-3-4-14-28(27)25-30/h3-26H,1-2H3. The van der Waals surface area contributed by atoms with Gasteiger partial charge in [0.15, 0.2) is 0 Å². The Morgan fingerprint density at radius 1 is 0.372 bits per heavy atom. The molecule has 0 heteroatoms. The van der Waals surface area contributed by atoms with Gasteiger partial charge in [0.2, 0.25) is 0 Å². The Morgan fingerprint density at radius 3 is 1.60 bits per heavy atom. The first-order valence-electron chi connectivity index (χ1n) is 15.2. The fraction of sp³-hybridized carbons (Fsp3) is 0.0698. The van der Waals surface area contributed by atoms with Gasteiger partial charge in [-0.1, -0.05) is 147 Å². The van der Waals surface area contributed by atoms with Crippen LogP contribution in [0, 0.1) is 0 Å². The summed E-state index contributed by atoms with van der Waals surface area (Å²) in [4.78, 5) is 0. The maximum absolute atomic E-state index is 2.43. The SMILES string of the molecule is CC1(C)c2ccccc2-c2cc3ccccc3c(-c3c4ccccc4c(-c4ccc5ccccc5c4)c4ccccc34)c21. The van der Waals surface area contributed by atoms with Gasteiger partial charge in [0, 0.05) is 5.41 Å². The van der Waals surface area contributed by atoms with Crippen LogP contribution in [-0.4, -0.2) is 0 Å². The van der Waals surface area contributed by atoms with Gasteiger partial charge < -0.3 is 0 Å². The highest BCUT2D eigenvalue weighted by Gasteiger charge is 2.39. The number of hydrogen-bond acceptors (Lipinski definition) is 0. The minimum Gasteiger partial charge on any atom is -0.0619 e. The van der Waals surface area contributed by atoms with E-state index >= 15 is 0 Å². The van der Waals surface area contributed by atoms with Crippen molar-refractivity contribution in [2.24, 2.45) is 0 Å². The zero-order valence-electron chi connectivity index (χ0n) is 24.4. The van der Waals surface area contributed by atoms with Crippen LogP contribution in [0.4, 0.5) is 0 Å². The average molecular weight is 547 g/mol. The van der Waals surface area contributed by atoms with Crippen molar-refractivity contribution in [3.63, 3.8) is 0 Å². The second-order valence-electron chi connectivity index (χ2n) is 12.5. The molecule has 1 aliphatic carbocycles. The van der Waals surface area contributed by atoms with Crippen LogP contribution in [0.5, 0.6) is 0 Å². The van der Waals surface area contributed by atoms with Gasteiger partial charge in [0.05, 0.1) is 0 Å². The van der Waals surface area contributed by atoms with Gasteiger partial charge in [-0.15, -0.1) is 0 Å². The molecule has 0 N–H and O–H groups in total. The van der Waals surface area contributed by atoms with E-state index in [0.29, 0.717) is 0 Å². The lowest BCUT2D eigenvalue weighted by atomic mass is 9.75. The van der Waals surface area contributed by atoms with E-state index in [1.165, 1.54) is 87.6 Å². The molecule has 43 heavy (non-hydrogen) atoms. The molecule has 0 nitrogen and oxygen atoms in total. The first-order valence-corrected chi connectivity index (χ1v) is 15.2. The summed E-state index contributed by atoms with van der Waals surface area (Å²) >= 11 is 0. The van der Waals surface area contributed by atoms with E-state index in [2.05, 4.69) is 159 Å².